The number of benzene rings is 1. The summed E-state index contributed by atoms with van der Waals surface area (Å²) in [6.07, 6.45) is -0.0793. The van der Waals surface area contributed by atoms with Crippen molar-refractivity contribution in [2.75, 3.05) is 0 Å². The summed E-state index contributed by atoms with van der Waals surface area (Å²) in [5.74, 6) is -1.02. The van der Waals surface area contributed by atoms with Crippen molar-refractivity contribution in [1.29, 1.82) is 0 Å². The summed E-state index contributed by atoms with van der Waals surface area (Å²) in [7, 11) is 0. The van der Waals surface area contributed by atoms with E-state index in [0.717, 1.165) is 5.56 Å². The first-order valence-electron chi connectivity index (χ1n) is 5.48. The lowest BCUT2D eigenvalue weighted by Crippen LogP contribution is -2.41. The molecule has 2 rings (SSSR count). The highest BCUT2D eigenvalue weighted by molar-refractivity contribution is 6.49. The number of ketones is 1. The van der Waals surface area contributed by atoms with Crippen molar-refractivity contribution < 1.29 is 14.3 Å². The van der Waals surface area contributed by atoms with Crippen molar-refractivity contribution in [3.8, 4) is 0 Å². The number of halogens is 1. The average Bonchev–Trinajstić information content (AvgIpc) is 2.52. The minimum Gasteiger partial charge on any atom is -0.461 e. The third kappa shape index (κ3) is 1.95. The van der Waals surface area contributed by atoms with Gasteiger partial charge in [0.2, 0.25) is 4.87 Å². The van der Waals surface area contributed by atoms with Crippen LogP contribution in [-0.4, -0.2) is 22.7 Å². The van der Waals surface area contributed by atoms with Gasteiger partial charge in [-0.3, -0.25) is 4.79 Å². The fourth-order valence-corrected chi connectivity index (χ4v) is 2.21. The molecule has 90 valence electrons. The van der Waals surface area contributed by atoms with E-state index >= 15 is 0 Å². The number of hydrogen-bond donors (Lipinski definition) is 0. The van der Waals surface area contributed by atoms with Crippen LogP contribution in [0.5, 0.6) is 0 Å². The van der Waals surface area contributed by atoms with Crippen LogP contribution in [0.1, 0.15) is 29.8 Å². The molecular weight excluding hydrogens is 240 g/mol. The van der Waals surface area contributed by atoms with E-state index in [2.05, 4.69) is 0 Å². The zero-order valence-electron chi connectivity index (χ0n) is 9.70. The standard InChI is InChI=1S/C13H13ClO3/c1-8(2)17-12(16)13(14)7-9-5-3-4-6-10(9)11(13)15/h3-6,8H,7H2,1-2H3/t13-/m1/s1. The van der Waals surface area contributed by atoms with Crippen LogP contribution in [0.3, 0.4) is 0 Å². The molecule has 17 heavy (non-hydrogen) atoms. The zero-order chi connectivity index (χ0) is 12.6. The van der Waals surface area contributed by atoms with Gasteiger partial charge in [-0.25, -0.2) is 4.79 Å². The number of carbonyl (C=O) groups is 2. The summed E-state index contributed by atoms with van der Waals surface area (Å²) in [4.78, 5) is 22.4. The molecule has 0 amide bonds. The van der Waals surface area contributed by atoms with Crippen molar-refractivity contribution in [2.24, 2.45) is 0 Å². The van der Waals surface area contributed by atoms with Crippen LogP contribution >= 0.6 is 11.6 Å². The second-order valence-corrected chi connectivity index (χ2v) is 5.06. The number of fused-ring (bicyclic) bond motifs is 1. The highest BCUT2D eigenvalue weighted by Crippen LogP contribution is 2.36. The highest BCUT2D eigenvalue weighted by Gasteiger charge is 2.51. The summed E-state index contributed by atoms with van der Waals surface area (Å²) in [6.45, 7) is 3.45. The molecule has 3 nitrogen and oxygen atoms in total. The van der Waals surface area contributed by atoms with E-state index in [1.807, 2.05) is 6.07 Å². The Hall–Kier alpha value is -1.35. The summed E-state index contributed by atoms with van der Waals surface area (Å²) in [6, 6.07) is 7.07. The first-order chi connectivity index (χ1) is 7.95. The van der Waals surface area contributed by atoms with E-state index in [0.29, 0.717) is 5.56 Å². The monoisotopic (exact) mass is 252 g/mol. The van der Waals surface area contributed by atoms with Crippen LogP contribution in [0.2, 0.25) is 0 Å². The number of esters is 1. The summed E-state index contributed by atoms with van der Waals surface area (Å²) >= 11 is 6.16. The maximum Gasteiger partial charge on any atom is 0.335 e. The Kier molecular flexibility index (Phi) is 2.96. The smallest absolute Gasteiger partial charge is 0.335 e. The maximum atomic E-state index is 12.1. The normalized spacial score (nSPS) is 22.7. The van der Waals surface area contributed by atoms with Crippen molar-refractivity contribution in [2.45, 2.75) is 31.2 Å². The predicted molar refractivity (Wildman–Crippen MR) is 64.3 cm³/mol. The molecule has 1 atom stereocenters. The molecule has 0 spiro atoms. The molecule has 0 unspecified atom stereocenters. The van der Waals surface area contributed by atoms with Crippen LogP contribution in [-0.2, 0) is 16.0 Å². The Balaban J connectivity index is 2.32. The van der Waals surface area contributed by atoms with Crippen LogP contribution in [0.15, 0.2) is 24.3 Å². The molecular formula is C13H13ClO3. The molecule has 1 aromatic rings. The maximum absolute atomic E-state index is 12.1. The average molecular weight is 253 g/mol. The molecule has 0 heterocycles. The van der Waals surface area contributed by atoms with Gasteiger partial charge >= 0.3 is 5.97 Å². The molecule has 1 aliphatic rings. The SMILES string of the molecule is CC(C)OC(=O)[C@@]1(Cl)Cc2ccccc2C1=O. The van der Waals surface area contributed by atoms with Crippen LogP contribution in [0.4, 0.5) is 0 Å². The molecule has 4 heteroatoms. The number of alkyl halides is 1. The summed E-state index contributed by atoms with van der Waals surface area (Å²) < 4.78 is 5.05. The van der Waals surface area contributed by atoms with Gasteiger partial charge < -0.3 is 4.74 Å². The Morgan fingerprint density at radius 2 is 2.06 bits per heavy atom. The van der Waals surface area contributed by atoms with Gasteiger partial charge in [-0.2, -0.15) is 0 Å². The zero-order valence-corrected chi connectivity index (χ0v) is 10.5. The molecule has 0 aliphatic heterocycles. The van der Waals surface area contributed by atoms with Gasteiger partial charge in [0, 0.05) is 12.0 Å². The summed E-state index contributed by atoms with van der Waals surface area (Å²) in [5, 5.41) is 0. The molecule has 0 saturated heterocycles. The largest absolute Gasteiger partial charge is 0.461 e. The Morgan fingerprint density at radius 3 is 2.65 bits per heavy atom. The Labute approximate surface area is 105 Å². The third-order valence-electron chi connectivity index (χ3n) is 2.72. The number of hydrogen-bond acceptors (Lipinski definition) is 3. The van der Waals surface area contributed by atoms with E-state index in [1.54, 1.807) is 32.0 Å². The minimum atomic E-state index is -1.58. The molecule has 0 saturated carbocycles. The van der Waals surface area contributed by atoms with Crippen molar-refractivity contribution in [3.05, 3.63) is 35.4 Å². The topological polar surface area (TPSA) is 43.4 Å². The van der Waals surface area contributed by atoms with Crippen molar-refractivity contribution >= 4 is 23.4 Å². The van der Waals surface area contributed by atoms with E-state index < -0.39 is 10.8 Å². The first-order valence-corrected chi connectivity index (χ1v) is 5.85. The quantitative estimate of drug-likeness (QED) is 0.461. The summed E-state index contributed by atoms with van der Waals surface area (Å²) in [5.41, 5.74) is 1.32. The van der Waals surface area contributed by atoms with E-state index in [4.69, 9.17) is 16.3 Å². The van der Waals surface area contributed by atoms with Gasteiger partial charge in [-0.05, 0) is 19.4 Å². The Bertz CT molecular complexity index is 481. The molecule has 0 N–H and O–H groups in total. The molecule has 1 aliphatic carbocycles. The lowest BCUT2D eigenvalue weighted by molar-refractivity contribution is -0.149. The van der Waals surface area contributed by atoms with E-state index in [1.165, 1.54) is 0 Å². The second kappa shape index (κ2) is 4.15. The van der Waals surface area contributed by atoms with Gasteiger partial charge in [-0.1, -0.05) is 35.9 Å². The van der Waals surface area contributed by atoms with Crippen molar-refractivity contribution in [1.82, 2.24) is 0 Å². The van der Waals surface area contributed by atoms with Gasteiger partial charge in [0.15, 0.2) is 5.78 Å². The van der Waals surface area contributed by atoms with Crippen LogP contribution < -0.4 is 0 Å². The fraction of sp³-hybridized carbons (Fsp3) is 0.385. The molecule has 0 aromatic heterocycles. The van der Waals surface area contributed by atoms with Gasteiger partial charge in [-0.15, -0.1) is 0 Å². The fourth-order valence-electron chi connectivity index (χ4n) is 1.92. The number of carbonyl (C=O) groups excluding carboxylic acids is 2. The van der Waals surface area contributed by atoms with Crippen LogP contribution in [0.25, 0.3) is 0 Å². The lowest BCUT2D eigenvalue weighted by atomic mass is 10.0. The van der Waals surface area contributed by atoms with Crippen molar-refractivity contribution in [3.63, 3.8) is 0 Å². The molecule has 0 fully saturated rings. The lowest BCUT2D eigenvalue weighted by Gasteiger charge is -2.19. The van der Waals surface area contributed by atoms with Gasteiger partial charge in [0.1, 0.15) is 0 Å². The van der Waals surface area contributed by atoms with Gasteiger partial charge in [0.05, 0.1) is 6.10 Å². The molecule has 1 aromatic carbocycles. The Morgan fingerprint density at radius 1 is 1.41 bits per heavy atom. The number of rotatable bonds is 2. The predicted octanol–water partition coefficient (Wildman–Crippen LogP) is 2.35. The first kappa shape index (κ1) is 12.1. The highest BCUT2D eigenvalue weighted by atomic mass is 35.5. The van der Waals surface area contributed by atoms with Crippen LogP contribution in [0, 0.1) is 0 Å². The number of ether oxygens (including phenoxy) is 1. The number of Topliss-reactive ketones (excluding diaryl/α,β-unsaturated/α-hetero) is 1. The second-order valence-electron chi connectivity index (χ2n) is 4.42. The molecule has 0 radical (unpaired) electrons. The molecule has 0 bridgehead atoms. The minimum absolute atomic E-state index is 0.203. The third-order valence-corrected chi connectivity index (χ3v) is 3.18. The van der Waals surface area contributed by atoms with E-state index in [-0.39, 0.29) is 18.3 Å². The van der Waals surface area contributed by atoms with Gasteiger partial charge in [0.25, 0.3) is 0 Å². The van der Waals surface area contributed by atoms with E-state index in [9.17, 15) is 9.59 Å².